The molecular weight excluding hydrogens is 477 g/mol. The molecule has 0 radical (unpaired) electrons. The maximum absolute atomic E-state index is 6.04. The molecule has 0 amide bonds. The number of fused-ring (bicyclic) bond motifs is 1. The van der Waals surface area contributed by atoms with Gasteiger partial charge in [0.25, 0.3) is 0 Å². The van der Waals surface area contributed by atoms with Gasteiger partial charge < -0.3 is 19.9 Å². The molecule has 6 nitrogen and oxygen atoms in total. The summed E-state index contributed by atoms with van der Waals surface area (Å²) in [5, 5.41) is 3.48. The van der Waals surface area contributed by atoms with Crippen molar-refractivity contribution < 1.29 is 4.74 Å². The first-order chi connectivity index (χ1) is 13.7. The van der Waals surface area contributed by atoms with E-state index in [9.17, 15) is 0 Å². The molecule has 29 heavy (non-hydrogen) atoms. The van der Waals surface area contributed by atoms with Crippen LogP contribution < -0.4 is 5.32 Å². The molecule has 2 N–H and O–H groups in total. The summed E-state index contributed by atoms with van der Waals surface area (Å²) >= 11 is 0. The molecule has 1 aliphatic rings. The van der Waals surface area contributed by atoms with E-state index in [1.807, 2.05) is 25.2 Å². The number of H-pyrrole nitrogens is 1. The molecule has 1 aromatic heterocycles. The molecule has 4 rings (SSSR count). The molecule has 0 bridgehead atoms. The Labute approximate surface area is 188 Å². The highest BCUT2D eigenvalue weighted by Crippen LogP contribution is 2.24. The molecule has 7 heteroatoms. The SMILES string of the molecule is CN=C(NCCc1nc2ccccc2[nH]1)N1CCOC(c2ccccc2C)C1.I. The summed E-state index contributed by atoms with van der Waals surface area (Å²) in [5.74, 6) is 1.90. The van der Waals surface area contributed by atoms with Crippen molar-refractivity contribution in [2.45, 2.75) is 19.4 Å². The van der Waals surface area contributed by atoms with Crippen LogP contribution in [0, 0.1) is 6.92 Å². The van der Waals surface area contributed by atoms with E-state index >= 15 is 0 Å². The Kier molecular flexibility index (Phi) is 7.49. The van der Waals surface area contributed by atoms with E-state index in [1.165, 1.54) is 11.1 Å². The number of nitrogens with one attached hydrogen (secondary N) is 2. The van der Waals surface area contributed by atoms with Crippen molar-refractivity contribution in [1.29, 1.82) is 0 Å². The van der Waals surface area contributed by atoms with Crippen molar-refractivity contribution >= 4 is 41.0 Å². The number of ether oxygens (including phenoxy) is 1. The zero-order chi connectivity index (χ0) is 19.3. The van der Waals surface area contributed by atoms with Crippen LogP contribution in [0.15, 0.2) is 53.5 Å². The van der Waals surface area contributed by atoms with Crippen LogP contribution in [0.4, 0.5) is 0 Å². The van der Waals surface area contributed by atoms with Gasteiger partial charge in [-0.05, 0) is 30.2 Å². The summed E-state index contributed by atoms with van der Waals surface area (Å²) in [6.45, 7) is 5.25. The molecule has 1 saturated heterocycles. The largest absolute Gasteiger partial charge is 0.370 e. The number of aliphatic imine (C=N–C) groups is 1. The van der Waals surface area contributed by atoms with Gasteiger partial charge in [0.15, 0.2) is 5.96 Å². The second-order valence-electron chi connectivity index (χ2n) is 7.09. The van der Waals surface area contributed by atoms with Gasteiger partial charge in [0.05, 0.1) is 24.2 Å². The zero-order valence-electron chi connectivity index (χ0n) is 16.9. The number of aromatic nitrogens is 2. The molecule has 0 spiro atoms. The van der Waals surface area contributed by atoms with Gasteiger partial charge in [0, 0.05) is 26.6 Å². The van der Waals surface area contributed by atoms with Gasteiger partial charge in [-0.2, -0.15) is 0 Å². The number of morpholine rings is 1. The van der Waals surface area contributed by atoms with E-state index in [0.717, 1.165) is 48.9 Å². The van der Waals surface area contributed by atoms with Crippen molar-refractivity contribution in [2.75, 3.05) is 33.3 Å². The molecule has 1 atom stereocenters. The molecule has 1 unspecified atom stereocenters. The minimum atomic E-state index is 0. The molecule has 154 valence electrons. The van der Waals surface area contributed by atoms with Crippen molar-refractivity contribution in [2.24, 2.45) is 4.99 Å². The van der Waals surface area contributed by atoms with Gasteiger partial charge in [-0.25, -0.2) is 4.98 Å². The average molecular weight is 505 g/mol. The van der Waals surface area contributed by atoms with Gasteiger partial charge in [0.2, 0.25) is 0 Å². The fraction of sp³-hybridized carbons (Fsp3) is 0.364. The number of guanidine groups is 1. The number of nitrogens with zero attached hydrogens (tertiary/aromatic N) is 3. The lowest BCUT2D eigenvalue weighted by Crippen LogP contribution is -2.48. The van der Waals surface area contributed by atoms with Gasteiger partial charge in [-0.15, -0.1) is 24.0 Å². The molecule has 1 aliphatic heterocycles. The minimum Gasteiger partial charge on any atom is -0.370 e. The highest BCUT2D eigenvalue weighted by Gasteiger charge is 2.25. The third kappa shape index (κ3) is 5.08. The number of rotatable bonds is 4. The van der Waals surface area contributed by atoms with E-state index in [2.05, 4.69) is 62.4 Å². The fourth-order valence-electron chi connectivity index (χ4n) is 3.73. The number of halogens is 1. The van der Waals surface area contributed by atoms with E-state index in [0.29, 0.717) is 6.61 Å². The second-order valence-corrected chi connectivity index (χ2v) is 7.09. The number of hydrogen-bond acceptors (Lipinski definition) is 3. The standard InChI is InChI=1S/C22H27N5O.HI/c1-16-7-3-4-8-17(16)20-15-27(13-14-28-20)22(23-2)24-12-11-21-25-18-9-5-6-10-19(18)26-21;/h3-10,20H,11-15H2,1-2H3,(H,23,24)(H,25,26);1H. The molecule has 0 saturated carbocycles. The van der Waals surface area contributed by atoms with Crippen molar-refractivity contribution in [1.82, 2.24) is 20.2 Å². The summed E-state index contributed by atoms with van der Waals surface area (Å²) in [5.41, 5.74) is 4.61. The maximum atomic E-state index is 6.04. The van der Waals surface area contributed by atoms with Crippen LogP contribution in [0.2, 0.25) is 0 Å². The Balaban J connectivity index is 0.00000240. The normalized spacial score (nSPS) is 17.2. The van der Waals surface area contributed by atoms with Crippen LogP contribution in [-0.2, 0) is 11.2 Å². The molecule has 2 heterocycles. The topological polar surface area (TPSA) is 65.5 Å². The van der Waals surface area contributed by atoms with Gasteiger partial charge in [0.1, 0.15) is 11.9 Å². The Bertz CT molecular complexity index is 938. The number of benzene rings is 2. The van der Waals surface area contributed by atoms with Crippen LogP contribution in [0.3, 0.4) is 0 Å². The number of imidazole rings is 1. The predicted molar refractivity (Wildman–Crippen MR) is 128 cm³/mol. The van der Waals surface area contributed by atoms with Crippen LogP contribution in [0.1, 0.15) is 23.1 Å². The van der Waals surface area contributed by atoms with E-state index in [4.69, 9.17) is 4.74 Å². The number of hydrogen-bond donors (Lipinski definition) is 2. The van der Waals surface area contributed by atoms with Gasteiger partial charge in [-0.1, -0.05) is 36.4 Å². The molecule has 0 aliphatic carbocycles. The fourth-order valence-corrected chi connectivity index (χ4v) is 3.73. The lowest BCUT2D eigenvalue weighted by atomic mass is 10.0. The zero-order valence-corrected chi connectivity index (χ0v) is 19.2. The Hall–Kier alpha value is -2.13. The minimum absolute atomic E-state index is 0. The van der Waals surface area contributed by atoms with Crippen LogP contribution >= 0.6 is 24.0 Å². The first-order valence-corrected chi connectivity index (χ1v) is 9.81. The smallest absolute Gasteiger partial charge is 0.193 e. The molecule has 2 aromatic carbocycles. The van der Waals surface area contributed by atoms with Crippen LogP contribution in [0.25, 0.3) is 11.0 Å². The monoisotopic (exact) mass is 505 g/mol. The third-order valence-electron chi connectivity index (χ3n) is 5.20. The summed E-state index contributed by atoms with van der Waals surface area (Å²) in [4.78, 5) is 14.8. The molecular formula is C22H28IN5O. The number of aromatic amines is 1. The number of para-hydroxylation sites is 2. The second kappa shape index (κ2) is 10.1. The summed E-state index contributed by atoms with van der Waals surface area (Å²) in [6, 6.07) is 16.5. The molecule has 1 fully saturated rings. The Morgan fingerprint density at radius 3 is 2.83 bits per heavy atom. The quantitative estimate of drug-likeness (QED) is 0.323. The first-order valence-electron chi connectivity index (χ1n) is 9.81. The Morgan fingerprint density at radius 2 is 2.03 bits per heavy atom. The summed E-state index contributed by atoms with van der Waals surface area (Å²) in [6.07, 6.45) is 0.892. The first kappa shape index (κ1) is 21.6. The van der Waals surface area contributed by atoms with E-state index in [1.54, 1.807) is 0 Å². The third-order valence-corrected chi connectivity index (χ3v) is 5.20. The lowest BCUT2D eigenvalue weighted by molar-refractivity contribution is -0.00829. The van der Waals surface area contributed by atoms with Crippen LogP contribution in [0.5, 0.6) is 0 Å². The lowest BCUT2D eigenvalue weighted by Gasteiger charge is -2.35. The number of aryl methyl sites for hydroxylation is 1. The van der Waals surface area contributed by atoms with E-state index < -0.39 is 0 Å². The Morgan fingerprint density at radius 1 is 1.24 bits per heavy atom. The van der Waals surface area contributed by atoms with Gasteiger partial charge in [-0.3, -0.25) is 4.99 Å². The highest BCUT2D eigenvalue weighted by molar-refractivity contribution is 14.0. The molecule has 3 aromatic rings. The van der Waals surface area contributed by atoms with Crippen molar-refractivity contribution in [3.8, 4) is 0 Å². The summed E-state index contributed by atoms with van der Waals surface area (Å²) < 4.78 is 6.04. The van der Waals surface area contributed by atoms with E-state index in [-0.39, 0.29) is 30.1 Å². The highest BCUT2D eigenvalue weighted by atomic mass is 127. The maximum Gasteiger partial charge on any atom is 0.193 e. The van der Waals surface area contributed by atoms with Crippen molar-refractivity contribution in [3.63, 3.8) is 0 Å². The van der Waals surface area contributed by atoms with Gasteiger partial charge >= 0.3 is 0 Å². The van der Waals surface area contributed by atoms with Crippen LogP contribution in [-0.4, -0.2) is 54.1 Å². The average Bonchev–Trinajstić information content (AvgIpc) is 3.14. The van der Waals surface area contributed by atoms with Crippen molar-refractivity contribution in [3.05, 3.63) is 65.5 Å². The summed E-state index contributed by atoms with van der Waals surface area (Å²) in [7, 11) is 1.84. The predicted octanol–water partition coefficient (Wildman–Crippen LogP) is 3.68.